The molecule has 0 aliphatic carbocycles. The zero-order chi connectivity index (χ0) is 12.8. The van der Waals surface area contributed by atoms with Crippen LogP contribution in [0.1, 0.15) is 45.7 Å². The van der Waals surface area contributed by atoms with Crippen LogP contribution in [-0.4, -0.2) is 17.6 Å². The number of nitrogen functional groups attached to an aromatic ring is 1. The van der Waals surface area contributed by atoms with E-state index in [4.69, 9.17) is 5.73 Å². The summed E-state index contributed by atoms with van der Waals surface area (Å²) in [6.07, 6.45) is 3.70. The monoisotopic (exact) mass is 235 g/mol. The molecule has 0 radical (unpaired) electrons. The van der Waals surface area contributed by atoms with Crippen molar-refractivity contribution in [2.24, 2.45) is 0 Å². The molecule has 0 unspecified atom stereocenters. The molecule has 0 saturated heterocycles. The second-order valence-corrected chi connectivity index (χ2v) is 4.86. The molecule has 0 saturated carbocycles. The van der Waals surface area contributed by atoms with Crippen molar-refractivity contribution < 1.29 is 0 Å². The van der Waals surface area contributed by atoms with Gasteiger partial charge in [0.05, 0.1) is 5.69 Å². The van der Waals surface area contributed by atoms with E-state index >= 15 is 0 Å². The van der Waals surface area contributed by atoms with Crippen molar-refractivity contribution in [3.05, 3.63) is 17.8 Å². The normalized spacial score (nSPS) is 10.9. The van der Waals surface area contributed by atoms with Crippen LogP contribution in [0.2, 0.25) is 0 Å². The molecular formula is C14H25N3. The summed E-state index contributed by atoms with van der Waals surface area (Å²) in [4.78, 5) is 6.88. The summed E-state index contributed by atoms with van der Waals surface area (Å²) in [5, 5.41) is 0. The van der Waals surface area contributed by atoms with Crippen molar-refractivity contribution in [1.29, 1.82) is 0 Å². The minimum Gasteiger partial charge on any atom is -0.396 e. The highest BCUT2D eigenvalue weighted by molar-refractivity contribution is 5.63. The highest BCUT2D eigenvalue weighted by atomic mass is 15.2. The summed E-state index contributed by atoms with van der Waals surface area (Å²) in [7, 11) is 0. The number of pyridine rings is 1. The van der Waals surface area contributed by atoms with Crippen molar-refractivity contribution in [3.8, 4) is 0 Å². The first kappa shape index (κ1) is 13.8. The SMILES string of the molecule is CCCCCN(c1nc(C)ccc1N)C(C)C. The van der Waals surface area contributed by atoms with Crippen molar-refractivity contribution in [2.45, 2.75) is 53.0 Å². The average molecular weight is 235 g/mol. The van der Waals surface area contributed by atoms with E-state index < -0.39 is 0 Å². The van der Waals surface area contributed by atoms with Crippen LogP contribution in [0.5, 0.6) is 0 Å². The Bertz CT molecular complexity index is 347. The fraction of sp³-hybridized carbons (Fsp3) is 0.643. The minimum absolute atomic E-state index is 0.434. The molecule has 0 bridgehead atoms. The Morgan fingerprint density at radius 3 is 2.59 bits per heavy atom. The molecule has 0 aromatic carbocycles. The van der Waals surface area contributed by atoms with Gasteiger partial charge in [-0.3, -0.25) is 0 Å². The summed E-state index contributed by atoms with van der Waals surface area (Å²) >= 11 is 0. The van der Waals surface area contributed by atoms with Crippen LogP contribution in [0.15, 0.2) is 12.1 Å². The minimum atomic E-state index is 0.434. The number of nitrogens with two attached hydrogens (primary N) is 1. The molecule has 1 aromatic rings. The van der Waals surface area contributed by atoms with Gasteiger partial charge in [-0.1, -0.05) is 19.8 Å². The second-order valence-electron chi connectivity index (χ2n) is 4.86. The molecule has 3 heteroatoms. The first-order valence-electron chi connectivity index (χ1n) is 6.56. The summed E-state index contributed by atoms with van der Waals surface area (Å²) in [6, 6.07) is 4.35. The highest BCUT2D eigenvalue weighted by Crippen LogP contribution is 2.23. The van der Waals surface area contributed by atoms with Crippen LogP contribution in [-0.2, 0) is 0 Å². The maximum absolute atomic E-state index is 6.03. The van der Waals surface area contributed by atoms with E-state index in [0.29, 0.717) is 6.04 Å². The lowest BCUT2D eigenvalue weighted by molar-refractivity contribution is 0.620. The number of aryl methyl sites for hydroxylation is 1. The molecule has 0 aliphatic heterocycles. The second kappa shape index (κ2) is 6.48. The fourth-order valence-corrected chi connectivity index (χ4v) is 1.92. The van der Waals surface area contributed by atoms with Gasteiger partial charge in [-0.05, 0) is 39.3 Å². The Labute approximate surface area is 105 Å². The Morgan fingerprint density at radius 2 is 2.00 bits per heavy atom. The van der Waals surface area contributed by atoms with Gasteiger partial charge in [-0.25, -0.2) is 4.98 Å². The number of hydrogen-bond acceptors (Lipinski definition) is 3. The van der Waals surface area contributed by atoms with Crippen molar-refractivity contribution in [1.82, 2.24) is 4.98 Å². The summed E-state index contributed by atoms with van der Waals surface area (Å²) in [5.74, 6) is 0.941. The fourth-order valence-electron chi connectivity index (χ4n) is 1.92. The van der Waals surface area contributed by atoms with Crippen molar-refractivity contribution >= 4 is 11.5 Å². The predicted molar refractivity (Wildman–Crippen MR) is 75.4 cm³/mol. The molecule has 1 heterocycles. The smallest absolute Gasteiger partial charge is 0.152 e. The lowest BCUT2D eigenvalue weighted by Crippen LogP contribution is -2.33. The van der Waals surface area contributed by atoms with E-state index in [-0.39, 0.29) is 0 Å². The van der Waals surface area contributed by atoms with Crippen LogP contribution in [0.3, 0.4) is 0 Å². The Kier molecular flexibility index (Phi) is 5.26. The third-order valence-electron chi connectivity index (χ3n) is 2.94. The molecule has 1 rings (SSSR count). The number of aromatic nitrogens is 1. The lowest BCUT2D eigenvalue weighted by Gasteiger charge is -2.29. The Balaban J connectivity index is 2.85. The van der Waals surface area contributed by atoms with E-state index in [2.05, 4.69) is 30.7 Å². The van der Waals surface area contributed by atoms with Crippen LogP contribution < -0.4 is 10.6 Å². The van der Waals surface area contributed by atoms with Gasteiger partial charge >= 0.3 is 0 Å². The highest BCUT2D eigenvalue weighted by Gasteiger charge is 2.14. The summed E-state index contributed by atoms with van der Waals surface area (Å²) in [6.45, 7) is 9.64. The lowest BCUT2D eigenvalue weighted by atomic mass is 10.2. The van der Waals surface area contributed by atoms with Gasteiger partial charge < -0.3 is 10.6 Å². The van der Waals surface area contributed by atoms with E-state index in [1.807, 2.05) is 19.1 Å². The maximum atomic E-state index is 6.03. The number of rotatable bonds is 6. The molecule has 0 atom stereocenters. The van der Waals surface area contributed by atoms with E-state index in [1.165, 1.54) is 19.3 Å². The Morgan fingerprint density at radius 1 is 1.29 bits per heavy atom. The van der Waals surface area contributed by atoms with Crippen molar-refractivity contribution in [3.63, 3.8) is 0 Å². The third-order valence-corrected chi connectivity index (χ3v) is 2.94. The van der Waals surface area contributed by atoms with Gasteiger partial charge in [0.2, 0.25) is 0 Å². The molecule has 3 nitrogen and oxygen atoms in total. The molecule has 0 amide bonds. The van der Waals surface area contributed by atoms with Gasteiger partial charge in [0.15, 0.2) is 5.82 Å². The third kappa shape index (κ3) is 3.91. The quantitative estimate of drug-likeness (QED) is 0.769. The number of anilines is 2. The molecule has 0 spiro atoms. The first-order valence-corrected chi connectivity index (χ1v) is 6.56. The summed E-state index contributed by atoms with van der Waals surface area (Å²) in [5.41, 5.74) is 7.83. The van der Waals surface area contributed by atoms with Crippen LogP contribution in [0.4, 0.5) is 11.5 Å². The van der Waals surface area contributed by atoms with Gasteiger partial charge in [-0.2, -0.15) is 0 Å². The number of nitrogens with zero attached hydrogens (tertiary/aromatic N) is 2. The summed E-state index contributed by atoms with van der Waals surface area (Å²) < 4.78 is 0. The van der Waals surface area contributed by atoms with Crippen LogP contribution in [0.25, 0.3) is 0 Å². The van der Waals surface area contributed by atoms with Crippen LogP contribution >= 0.6 is 0 Å². The van der Waals surface area contributed by atoms with Gasteiger partial charge in [0.25, 0.3) is 0 Å². The average Bonchev–Trinajstić information content (AvgIpc) is 2.28. The largest absolute Gasteiger partial charge is 0.396 e. The Hall–Kier alpha value is -1.25. The molecule has 17 heavy (non-hydrogen) atoms. The topological polar surface area (TPSA) is 42.2 Å². The first-order chi connectivity index (χ1) is 8.06. The molecule has 0 fully saturated rings. The number of hydrogen-bond donors (Lipinski definition) is 1. The molecule has 1 aromatic heterocycles. The maximum Gasteiger partial charge on any atom is 0.152 e. The zero-order valence-corrected chi connectivity index (χ0v) is 11.5. The molecule has 2 N–H and O–H groups in total. The van der Waals surface area contributed by atoms with Crippen molar-refractivity contribution in [2.75, 3.05) is 17.2 Å². The standard InChI is InChI=1S/C14H25N3/c1-5-6-7-10-17(11(2)3)14-13(15)9-8-12(4)16-14/h8-9,11H,5-7,10,15H2,1-4H3. The van der Waals surface area contributed by atoms with Crippen LogP contribution in [0, 0.1) is 6.92 Å². The van der Waals surface area contributed by atoms with E-state index in [0.717, 1.165) is 23.7 Å². The van der Waals surface area contributed by atoms with Gasteiger partial charge in [0, 0.05) is 18.3 Å². The molecular weight excluding hydrogens is 210 g/mol. The molecule has 0 aliphatic rings. The van der Waals surface area contributed by atoms with Gasteiger partial charge in [0.1, 0.15) is 0 Å². The van der Waals surface area contributed by atoms with Gasteiger partial charge in [-0.15, -0.1) is 0 Å². The van der Waals surface area contributed by atoms with E-state index in [1.54, 1.807) is 0 Å². The number of unbranched alkanes of at least 4 members (excludes halogenated alkanes) is 2. The van der Waals surface area contributed by atoms with E-state index in [9.17, 15) is 0 Å². The predicted octanol–water partition coefficient (Wildman–Crippen LogP) is 3.38. The zero-order valence-electron chi connectivity index (χ0n) is 11.5. The molecule has 96 valence electrons.